The Hall–Kier alpha value is -1.10. The smallest absolute Gasteiger partial charge is 0.243 e. The number of carboxylic acids is 1. The van der Waals surface area contributed by atoms with Crippen LogP contribution in [0.15, 0.2) is 30.6 Å². The monoisotopic (exact) mass is 401 g/mol. The van der Waals surface area contributed by atoms with Gasteiger partial charge in [0.15, 0.2) is 18.9 Å². The predicted molar refractivity (Wildman–Crippen MR) is 91.7 cm³/mol. The first-order valence-electron chi connectivity index (χ1n) is 6.37. The normalized spacial score (nSPS) is 27.0. The standard InChI is InChI=1S/C13H15N3O3S.2ClH.2H2O/c14-9-10(17)16-7-13(12(18)19,8-20-11(9)16)6-15-4-2-1-3-5-15;;;;/h1-5,9,11H,6-8,14H2;2*1H;2*1H2/t9?,11-,13?;;;;/m1..../s1. The molecule has 24 heavy (non-hydrogen) atoms. The molecule has 3 atom stereocenters. The number of pyridine rings is 1. The van der Waals surface area contributed by atoms with E-state index < -0.39 is 17.4 Å². The van der Waals surface area contributed by atoms with Gasteiger partial charge in [-0.2, -0.15) is 0 Å². The molecular weight excluding hydrogens is 381 g/mol. The molecule has 3 rings (SSSR count). The number of amides is 1. The highest BCUT2D eigenvalue weighted by molar-refractivity contribution is 8.00. The number of hydrogen-bond donors (Lipinski definition) is 1. The molecule has 138 valence electrons. The molecule has 0 bridgehead atoms. The third-order valence-electron chi connectivity index (χ3n) is 3.88. The van der Waals surface area contributed by atoms with Crippen LogP contribution in [0.2, 0.25) is 0 Å². The number of thioether (sulfide) groups is 1. The Bertz CT molecular complexity index is 568. The highest BCUT2D eigenvalue weighted by Gasteiger charge is 2.54. The van der Waals surface area contributed by atoms with Gasteiger partial charge < -0.3 is 31.5 Å². The highest BCUT2D eigenvalue weighted by Crippen LogP contribution is 2.41. The van der Waals surface area contributed by atoms with Gasteiger partial charge in [0, 0.05) is 24.4 Å². The average molecular weight is 402 g/mol. The van der Waals surface area contributed by atoms with Crippen molar-refractivity contribution in [3.05, 3.63) is 30.6 Å². The molecule has 3 heterocycles. The molecule has 1 aromatic heterocycles. The van der Waals surface area contributed by atoms with Gasteiger partial charge >= 0.3 is 0 Å². The van der Waals surface area contributed by atoms with Crippen molar-refractivity contribution in [2.75, 3.05) is 12.3 Å². The average Bonchev–Trinajstić information content (AvgIpc) is 2.47. The SMILES string of the molecule is Cl.Cl.NC1C(=O)N2CC(C[n+]3ccccc3)(C(=O)[O-])CS[C@H]12.O.O. The van der Waals surface area contributed by atoms with E-state index in [1.54, 1.807) is 9.47 Å². The minimum atomic E-state index is -1.12. The maximum absolute atomic E-state index is 11.7. The van der Waals surface area contributed by atoms with Crippen LogP contribution >= 0.6 is 36.6 Å². The van der Waals surface area contributed by atoms with E-state index in [-0.39, 0.29) is 60.1 Å². The van der Waals surface area contributed by atoms with Gasteiger partial charge in [-0.05, 0) is 0 Å². The summed E-state index contributed by atoms with van der Waals surface area (Å²) in [4.78, 5) is 24.9. The first-order valence-corrected chi connectivity index (χ1v) is 7.42. The van der Waals surface area contributed by atoms with E-state index in [1.165, 1.54) is 11.8 Å². The lowest BCUT2D eigenvalue weighted by molar-refractivity contribution is -0.707. The number of hydrogen-bond acceptors (Lipinski definition) is 5. The maximum atomic E-state index is 11.7. The number of nitrogens with zero attached hydrogens (tertiary/aromatic N) is 2. The van der Waals surface area contributed by atoms with Gasteiger partial charge in [0.05, 0.1) is 11.4 Å². The summed E-state index contributed by atoms with van der Waals surface area (Å²) in [5.41, 5.74) is 4.65. The molecule has 2 unspecified atom stereocenters. The third kappa shape index (κ3) is 4.11. The molecule has 2 saturated heterocycles. The molecule has 0 spiro atoms. The molecule has 0 aliphatic carbocycles. The highest BCUT2D eigenvalue weighted by atomic mass is 35.5. The number of carbonyl (C=O) groups excluding carboxylic acids is 2. The van der Waals surface area contributed by atoms with Crippen molar-refractivity contribution < 1.29 is 30.2 Å². The van der Waals surface area contributed by atoms with E-state index in [0.717, 1.165) is 0 Å². The summed E-state index contributed by atoms with van der Waals surface area (Å²) >= 11 is 1.43. The first kappa shape index (κ1) is 25.1. The zero-order valence-corrected chi connectivity index (χ0v) is 15.0. The summed E-state index contributed by atoms with van der Waals surface area (Å²) in [5, 5.41) is 11.6. The molecule has 1 aromatic rings. The fourth-order valence-corrected chi connectivity index (χ4v) is 4.17. The summed E-state index contributed by atoms with van der Waals surface area (Å²) in [6, 6.07) is 5.05. The van der Waals surface area contributed by atoms with E-state index >= 15 is 0 Å². The molecule has 2 aliphatic rings. The van der Waals surface area contributed by atoms with Crippen molar-refractivity contribution in [3.8, 4) is 0 Å². The summed E-state index contributed by atoms with van der Waals surface area (Å²) in [5.74, 6) is -0.890. The maximum Gasteiger partial charge on any atom is 0.243 e. The lowest BCUT2D eigenvalue weighted by Crippen LogP contribution is -2.74. The molecule has 6 N–H and O–H groups in total. The Labute approximate surface area is 155 Å². The summed E-state index contributed by atoms with van der Waals surface area (Å²) in [6.45, 7) is 0.455. The van der Waals surface area contributed by atoms with Crippen LogP contribution in [0.1, 0.15) is 0 Å². The predicted octanol–water partition coefficient (Wildman–Crippen LogP) is -2.85. The molecule has 11 heteroatoms. The Morgan fingerprint density at radius 1 is 1.33 bits per heavy atom. The van der Waals surface area contributed by atoms with Crippen LogP contribution in [0, 0.1) is 5.41 Å². The second-order valence-corrected chi connectivity index (χ2v) is 6.41. The van der Waals surface area contributed by atoms with Crippen molar-refractivity contribution in [1.82, 2.24) is 4.90 Å². The summed E-state index contributed by atoms with van der Waals surface area (Å²) in [7, 11) is 0. The van der Waals surface area contributed by atoms with Crippen LogP contribution in [-0.2, 0) is 16.1 Å². The zero-order valence-electron chi connectivity index (χ0n) is 12.6. The Morgan fingerprint density at radius 2 is 1.92 bits per heavy atom. The van der Waals surface area contributed by atoms with Crippen molar-refractivity contribution in [1.29, 1.82) is 0 Å². The Kier molecular flexibility index (Phi) is 9.85. The van der Waals surface area contributed by atoms with Gasteiger partial charge in [0.2, 0.25) is 5.91 Å². The zero-order chi connectivity index (χ0) is 14.3. The number of halogens is 2. The number of rotatable bonds is 3. The Balaban J connectivity index is 0. The molecule has 0 aromatic carbocycles. The van der Waals surface area contributed by atoms with Crippen LogP contribution < -0.4 is 15.4 Å². The molecule has 8 nitrogen and oxygen atoms in total. The molecule has 2 aliphatic heterocycles. The van der Waals surface area contributed by atoms with Crippen molar-refractivity contribution in [2.24, 2.45) is 11.1 Å². The fourth-order valence-electron chi connectivity index (χ4n) is 2.70. The molecular formula is C13H21Cl2N3O5S. The van der Waals surface area contributed by atoms with E-state index in [4.69, 9.17) is 5.73 Å². The third-order valence-corrected chi connectivity index (χ3v) is 5.49. The lowest BCUT2D eigenvalue weighted by Gasteiger charge is -2.53. The second kappa shape index (κ2) is 9.40. The molecule has 0 saturated carbocycles. The van der Waals surface area contributed by atoms with Gasteiger partial charge in [-0.25, -0.2) is 4.57 Å². The number of aromatic nitrogens is 1. The van der Waals surface area contributed by atoms with E-state index in [9.17, 15) is 14.7 Å². The topological polar surface area (TPSA) is 153 Å². The van der Waals surface area contributed by atoms with Gasteiger partial charge in [0.25, 0.3) is 0 Å². The van der Waals surface area contributed by atoms with Crippen LogP contribution in [0.3, 0.4) is 0 Å². The number of aliphatic carboxylic acids is 1. The van der Waals surface area contributed by atoms with Crippen LogP contribution in [0.4, 0.5) is 0 Å². The summed E-state index contributed by atoms with van der Waals surface area (Å²) in [6.07, 6.45) is 3.62. The first-order chi connectivity index (χ1) is 9.53. The van der Waals surface area contributed by atoms with Crippen molar-refractivity contribution >= 4 is 48.5 Å². The van der Waals surface area contributed by atoms with Gasteiger partial charge in [0.1, 0.15) is 11.4 Å². The minimum absolute atomic E-state index is 0. The van der Waals surface area contributed by atoms with Crippen LogP contribution in [-0.4, -0.2) is 51.4 Å². The number of β-lactam (4-membered cyclic amide) rings is 1. The number of carbonyl (C=O) groups is 2. The van der Waals surface area contributed by atoms with Gasteiger partial charge in [-0.15, -0.1) is 36.6 Å². The quantitative estimate of drug-likeness (QED) is 0.426. The molecule has 2 fully saturated rings. The van der Waals surface area contributed by atoms with Crippen LogP contribution in [0.25, 0.3) is 0 Å². The summed E-state index contributed by atoms with van der Waals surface area (Å²) < 4.78 is 1.81. The fraction of sp³-hybridized carbons (Fsp3) is 0.462. The van der Waals surface area contributed by atoms with Crippen molar-refractivity contribution in [2.45, 2.75) is 18.0 Å². The Morgan fingerprint density at radius 3 is 2.46 bits per heavy atom. The van der Waals surface area contributed by atoms with E-state index in [1.807, 2.05) is 30.6 Å². The van der Waals surface area contributed by atoms with E-state index in [0.29, 0.717) is 5.75 Å². The van der Waals surface area contributed by atoms with Gasteiger partial charge in [-0.3, -0.25) is 4.79 Å². The lowest BCUT2D eigenvalue weighted by atomic mass is 9.87. The molecule has 1 amide bonds. The number of fused-ring (bicyclic) bond motifs is 1. The van der Waals surface area contributed by atoms with Crippen LogP contribution in [0.5, 0.6) is 0 Å². The second-order valence-electron chi connectivity index (χ2n) is 5.31. The molecule has 0 radical (unpaired) electrons. The number of carboxylic acid groups (broad SMARTS) is 1. The van der Waals surface area contributed by atoms with Gasteiger partial charge in [-0.1, -0.05) is 6.07 Å². The number of nitrogens with two attached hydrogens (primary N) is 1. The van der Waals surface area contributed by atoms with Crippen molar-refractivity contribution in [3.63, 3.8) is 0 Å². The van der Waals surface area contributed by atoms with E-state index in [2.05, 4.69) is 0 Å². The minimum Gasteiger partial charge on any atom is -0.549 e. The largest absolute Gasteiger partial charge is 0.549 e.